The standard InChI is InChI=1S/C18H18FN5O2S/c1-12(27-2)11-26-18-21-7-14(8-22-18)16-3-4-17(25)24(23-16)10-13-5-15(19)9-20-6-13/h3-9,12H,10-11H2,1-2H3. The first-order chi connectivity index (χ1) is 13.0. The molecule has 0 saturated carbocycles. The van der Waals surface area contributed by atoms with Crippen molar-refractivity contribution in [2.75, 3.05) is 12.9 Å². The zero-order valence-corrected chi connectivity index (χ0v) is 15.7. The van der Waals surface area contributed by atoms with Crippen molar-refractivity contribution in [3.05, 3.63) is 64.7 Å². The molecule has 0 spiro atoms. The average molecular weight is 387 g/mol. The summed E-state index contributed by atoms with van der Waals surface area (Å²) in [4.78, 5) is 24.2. The quantitative estimate of drug-likeness (QED) is 0.616. The zero-order valence-electron chi connectivity index (χ0n) is 14.9. The van der Waals surface area contributed by atoms with Crippen molar-refractivity contribution in [1.82, 2.24) is 24.7 Å². The minimum Gasteiger partial charge on any atom is -0.462 e. The summed E-state index contributed by atoms with van der Waals surface area (Å²) in [5, 5.41) is 4.66. The Morgan fingerprint density at radius 2 is 2.00 bits per heavy atom. The maximum Gasteiger partial charge on any atom is 0.316 e. The third-order valence-electron chi connectivity index (χ3n) is 3.73. The highest BCUT2D eigenvalue weighted by Crippen LogP contribution is 2.15. The van der Waals surface area contributed by atoms with Crippen molar-refractivity contribution < 1.29 is 9.13 Å². The van der Waals surface area contributed by atoms with Gasteiger partial charge in [-0.3, -0.25) is 9.78 Å². The lowest BCUT2D eigenvalue weighted by Crippen LogP contribution is -2.23. The number of hydrogen-bond donors (Lipinski definition) is 0. The van der Waals surface area contributed by atoms with E-state index in [4.69, 9.17) is 4.74 Å². The normalized spacial score (nSPS) is 12.0. The maximum atomic E-state index is 13.3. The molecule has 0 amide bonds. The molecule has 0 fully saturated rings. The van der Waals surface area contributed by atoms with E-state index < -0.39 is 5.82 Å². The van der Waals surface area contributed by atoms with Crippen LogP contribution in [0.1, 0.15) is 12.5 Å². The smallest absolute Gasteiger partial charge is 0.316 e. The average Bonchev–Trinajstić information content (AvgIpc) is 2.68. The molecule has 0 radical (unpaired) electrons. The van der Waals surface area contributed by atoms with Gasteiger partial charge in [0.1, 0.15) is 12.4 Å². The fraction of sp³-hybridized carbons (Fsp3) is 0.278. The number of hydrogen-bond acceptors (Lipinski definition) is 7. The Kier molecular flexibility index (Phi) is 6.12. The molecular weight excluding hydrogens is 369 g/mol. The van der Waals surface area contributed by atoms with Gasteiger partial charge in [0.15, 0.2) is 0 Å². The van der Waals surface area contributed by atoms with Gasteiger partial charge < -0.3 is 4.74 Å². The van der Waals surface area contributed by atoms with E-state index in [1.54, 1.807) is 30.2 Å². The summed E-state index contributed by atoms with van der Waals surface area (Å²) in [6.45, 7) is 2.69. The number of halogens is 1. The first kappa shape index (κ1) is 19.0. The van der Waals surface area contributed by atoms with Crippen LogP contribution in [0.2, 0.25) is 0 Å². The summed E-state index contributed by atoms with van der Waals surface area (Å²) in [6, 6.07) is 4.61. The van der Waals surface area contributed by atoms with Crippen molar-refractivity contribution in [3.8, 4) is 17.3 Å². The molecule has 7 nitrogen and oxygen atoms in total. The lowest BCUT2D eigenvalue weighted by Gasteiger charge is -2.09. The largest absolute Gasteiger partial charge is 0.462 e. The molecule has 27 heavy (non-hydrogen) atoms. The van der Waals surface area contributed by atoms with Crippen LogP contribution in [0.25, 0.3) is 11.3 Å². The van der Waals surface area contributed by atoms with E-state index in [2.05, 4.69) is 27.0 Å². The van der Waals surface area contributed by atoms with Crippen LogP contribution >= 0.6 is 11.8 Å². The molecule has 3 aromatic heterocycles. The number of nitrogens with zero attached hydrogens (tertiary/aromatic N) is 5. The predicted molar refractivity (Wildman–Crippen MR) is 101 cm³/mol. The Bertz CT molecular complexity index is 964. The van der Waals surface area contributed by atoms with E-state index >= 15 is 0 Å². The molecule has 1 atom stereocenters. The maximum absolute atomic E-state index is 13.3. The molecular formula is C18H18FN5O2S. The van der Waals surface area contributed by atoms with Crippen LogP contribution in [0.15, 0.2) is 47.8 Å². The topological polar surface area (TPSA) is 82.8 Å². The monoisotopic (exact) mass is 387 g/mol. The van der Waals surface area contributed by atoms with Gasteiger partial charge in [0.25, 0.3) is 5.56 Å². The number of thioether (sulfide) groups is 1. The molecule has 9 heteroatoms. The van der Waals surface area contributed by atoms with Crippen LogP contribution in [0.3, 0.4) is 0 Å². The molecule has 0 aliphatic rings. The van der Waals surface area contributed by atoms with Gasteiger partial charge in [0.2, 0.25) is 0 Å². The second kappa shape index (κ2) is 8.72. The molecule has 0 aromatic carbocycles. The number of rotatable bonds is 7. The molecule has 3 aromatic rings. The van der Waals surface area contributed by atoms with Crippen LogP contribution in [0.4, 0.5) is 4.39 Å². The van der Waals surface area contributed by atoms with Gasteiger partial charge in [0.05, 0.1) is 18.4 Å². The fourth-order valence-corrected chi connectivity index (χ4v) is 2.42. The van der Waals surface area contributed by atoms with Gasteiger partial charge in [-0.15, -0.1) is 0 Å². The molecule has 3 rings (SSSR count). The summed E-state index contributed by atoms with van der Waals surface area (Å²) in [7, 11) is 0. The van der Waals surface area contributed by atoms with Gasteiger partial charge in [-0.2, -0.15) is 16.9 Å². The van der Waals surface area contributed by atoms with E-state index in [1.807, 2.05) is 6.26 Å². The van der Waals surface area contributed by atoms with Gasteiger partial charge in [-0.1, -0.05) is 6.92 Å². The SMILES string of the molecule is CSC(C)COc1ncc(-c2ccc(=O)n(Cc3cncc(F)c3)n2)cn1. The van der Waals surface area contributed by atoms with Gasteiger partial charge in [-0.25, -0.2) is 19.0 Å². The Hall–Kier alpha value is -2.81. The number of ether oxygens (including phenoxy) is 1. The lowest BCUT2D eigenvalue weighted by molar-refractivity contribution is 0.296. The van der Waals surface area contributed by atoms with Crippen LogP contribution in [0, 0.1) is 5.82 Å². The van der Waals surface area contributed by atoms with Gasteiger partial charge in [0, 0.05) is 35.5 Å². The molecule has 3 heterocycles. The number of aromatic nitrogens is 5. The van der Waals surface area contributed by atoms with Crippen molar-refractivity contribution >= 4 is 11.8 Å². The molecule has 0 aliphatic carbocycles. The van der Waals surface area contributed by atoms with Gasteiger partial charge >= 0.3 is 6.01 Å². The third-order valence-corrected chi connectivity index (χ3v) is 4.67. The van der Waals surface area contributed by atoms with E-state index in [-0.39, 0.29) is 12.1 Å². The van der Waals surface area contributed by atoms with E-state index in [0.717, 1.165) is 6.20 Å². The van der Waals surface area contributed by atoms with Crippen LogP contribution < -0.4 is 10.3 Å². The lowest BCUT2D eigenvalue weighted by atomic mass is 10.2. The highest BCUT2D eigenvalue weighted by atomic mass is 32.2. The van der Waals surface area contributed by atoms with E-state index in [0.29, 0.717) is 34.7 Å². The van der Waals surface area contributed by atoms with E-state index in [9.17, 15) is 9.18 Å². The van der Waals surface area contributed by atoms with Gasteiger partial charge in [-0.05, 0) is 24.0 Å². The minimum absolute atomic E-state index is 0.117. The van der Waals surface area contributed by atoms with Crippen LogP contribution in [-0.4, -0.2) is 42.8 Å². The summed E-state index contributed by atoms with van der Waals surface area (Å²) >= 11 is 1.70. The first-order valence-corrected chi connectivity index (χ1v) is 9.49. The molecule has 0 saturated heterocycles. The highest BCUT2D eigenvalue weighted by molar-refractivity contribution is 7.99. The number of pyridine rings is 1. The fourth-order valence-electron chi connectivity index (χ4n) is 2.21. The summed E-state index contributed by atoms with van der Waals surface area (Å²) in [5.74, 6) is -0.462. The van der Waals surface area contributed by atoms with Crippen molar-refractivity contribution in [2.24, 2.45) is 0 Å². The second-order valence-corrected chi connectivity index (χ2v) is 7.11. The Morgan fingerprint density at radius 1 is 1.22 bits per heavy atom. The molecule has 0 aliphatic heterocycles. The molecule has 0 bridgehead atoms. The van der Waals surface area contributed by atoms with E-state index in [1.165, 1.54) is 23.0 Å². The molecule has 0 N–H and O–H groups in total. The summed E-state index contributed by atoms with van der Waals surface area (Å²) in [6.07, 6.45) is 7.80. The third kappa shape index (κ3) is 5.10. The summed E-state index contributed by atoms with van der Waals surface area (Å²) < 4.78 is 20.1. The first-order valence-electron chi connectivity index (χ1n) is 8.21. The zero-order chi connectivity index (χ0) is 19.2. The summed E-state index contributed by atoms with van der Waals surface area (Å²) in [5.41, 5.74) is 1.42. The van der Waals surface area contributed by atoms with Crippen LogP contribution in [-0.2, 0) is 6.54 Å². The second-order valence-electron chi connectivity index (χ2n) is 5.84. The Labute approximate surface area is 159 Å². The Balaban J connectivity index is 1.78. The van der Waals surface area contributed by atoms with Crippen molar-refractivity contribution in [2.45, 2.75) is 18.7 Å². The molecule has 140 valence electrons. The van der Waals surface area contributed by atoms with Crippen LogP contribution in [0.5, 0.6) is 6.01 Å². The van der Waals surface area contributed by atoms with Crippen molar-refractivity contribution in [1.29, 1.82) is 0 Å². The highest BCUT2D eigenvalue weighted by Gasteiger charge is 2.08. The Morgan fingerprint density at radius 3 is 2.70 bits per heavy atom. The van der Waals surface area contributed by atoms with Crippen molar-refractivity contribution in [3.63, 3.8) is 0 Å². The minimum atomic E-state index is -0.462. The predicted octanol–water partition coefficient (Wildman–Crippen LogP) is 2.41. The molecule has 1 unspecified atom stereocenters.